The molecule has 0 amide bonds. The monoisotopic (exact) mass is 250 g/mol. The molecule has 2 N–H and O–H groups in total. The Morgan fingerprint density at radius 1 is 0.842 bits per heavy atom. The molecule has 0 atom stereocenters. The Balaban J connectivity index is -0.0000000842. The molecule has 13 heteroatoms. The van der Waals surface area contributed by atoms with Gasteiger partial charge in [-0.3, -0.25) is 17.3 Å². The second-order valence-electron chi connectivity index (χ2n) is 1.99. The first-order valence-electron chi connectivity index (χ1n) is 3.74. The number of hydrogen-bond donors (Lipinski definition) is 2. The van der Waals surface area contributed by atoms with Crippen molar-refractivity contribution in [2.24, 2.45) is 0 Å². The predicted molar refractivity (Wildman–Crippen MR) is 44.4 cm³/mol. The summed E-state index contributed by atoms with van der Waals surface area (Å²) in [6.45, 7) is 0. The largest absolute Gasteiger partial charge is 1.00 e. The topological polar surface area (TPSA) is 161 Å². The first-order valence-corrected chi connectivity index (χ1v) is 3.74. The van der Waals surface area contributed by atoms with Gasteiger partial charge >= 0.3 is 68.1 Å². The molecule has 0 saturated heterocycles. The Bertz CT molecular complexity index is 391. The van der Waals surface area contributed by atoms with Crippen LogP contribution in [-0.2, 0) is 0 Å². The van der Waals surface area contributed by atoms with Crippen molar-refractivity contribution in [3.63, 3.8) is 0 Å². The molecule has 0 fully saturated rings. The van der Waals surface area contributed by atoms with E-state index in [9.17, 15) is 9.59 Å². The zero-order valence-electron chi connectivity index (χ0n) is 10.7. The minimum atomic E-state index is -2.92. The minimum absolute atomic E-state index is 0. The first-order chi connectivity index (χ1) is 7.52. The van der Waals surface area contributed by atoms with Crippen molar-refractivity contribution in [2.45, 2.75) is 0 Å². The first kappa shape index (κ1) is 27.2. The second-order valence-corrected chi connectivity index (χ2v) is 1.99. The fourth-order valence-electron chi connectivity index (χ4n) is 0.464. The van der Waals surface area contributed by atoms with E-state index >= 15 is 0 Å². The van der Waals surface area contributed by atoms with Crippen molar-refractivity contribution in [1.82, 2.24) is 9.97 Å². The van der Waals surface area contributed by atoms with Crippen molar-refractivity contribution in [1.29, 1.82) is 0 Å². The Hall–Kier alpha value is -0.243. The summed E-state index contributed by atoms with van der Waals surface area (Å²) < 4.78 is 8.44. The molecule has 2 aromatic rings. The van der Waals surface area contributed by atoms with Crippen LogP contribution in [0.15, 0.2) is 43.3 Å². The molecule has 0 aliphatic carbocycles. The van der Waals surface area contributed by atoms with Gasteiger partial charge in [0.15, 0.2) is 0 Å². The molecule has 9 nitrogen and oxygen atoms in total. The van der Waals surface area contributed by atoms with Gasteiger partial charge in [-0.05, 0) is 0 Å². The van der Waals surface area contributed by atoms with Crippen molar-refractivity contribution < 1.29 is 80.5 Å². The van der Waals surface area contributed by atoms with E-state index in [1.54, 1.807) is 0 Å². The molecule has 88 valence electrons. The van der Waals surface area contributed by atoms with E-state index in [0.717, 1.165) is 0 Å². The van der Waals surface area contributed by atoms with Crippen LogP contribution in [0.5, 0.6) is 0 Å². The number of hydrogen-bond acceptors (Lipinski definition) is 7. The van der Waals surface area contributed by atoms with Crippen LogP contribution in [0.2, 0.25) is 0 Å². The van der Waals surface area contributed by atoms with Crippen LogP contribution < -0.4 is 83.2 Å². The molecular formula is C6H6BLi3N2O7. The van der Waals surface area contributed by atoms with Gasteiger partial charge in [0, 0.05) is 12.4 Å². The summed E-state index contributed by atoms with van der Waals surface area (Å²) >= 11 is 0. The molecule has 0 bridgehead atoms. The van der Waals surface area contributed by atoms with Gasteiger partial charge in [0.05, 0.1) is 0 Å². The quantitative estimate of drug-likeness (QED) is 0.438. The Morgan fingerprint density at radius 3 is 1.16 bits per heavy atom. The number of nitrogens with one attached hydrogen (secondary N) is 2. The zero-order chi connectivity index (χ0) is 12.4. The SMILES string of the molecule is O=c1[nH]cco1.O=c1[nH]cco1.[Li+].[Li+].[Li+].[O-]B([O-])[O-]. The van der Waals surface area contributed by atoms with Gasteiger partial charge in [-0.15, -0.1) is 0 Å². The van der Waals surface area contributed by atoms with Crippen LogP contribution in [0, 0.1) is 0 Å². The van der Waals surface area contributed by atoms with Crippen LogP contribution in [0.4, 0.5) is 0 Å². The van der Waals surface area contributed by atoms with Gasteiger partial charge in [0.2, 0.25) is 0 Å². The molecule has 0 unspecified atom stereocenters. The molecule has 0 aliphatic rings. The molecule has 19 heavy (non-hydrogen) atoms. The molecule has 0 aromatic carbocycles. The van der Waals surface area contributed by atoms with Gasteiger partial charge in [-0.2, -0.15) is 0 Å². The van der Waals surface area contributed by atoms with Crippen LogP contribution in [0.25, 0.3) is 0 Å². The third-order valence-electron chi connectivity index (χ3n) is 0.889. The van der Waals surface area contributed by atoms with Gasteiger partial charge in [0.25, 0.3) is 0 Å². The molecule has 0 saturated carbocycles. The molecular weight excluding hydrogens is 244 g/mol. The summed E-state index contributed by atoms with van der Waals surface area (Å²) in [5.74, 6) is -0.815. The molecule has 2 rings (SSSR count). The molecule has 0 aliphatic heterocycles. The van der Waals surface area contributed by atoms with E-state index in [4.69, 9.17) is 15.1 Å². The Kier molecular flexibility index (Phi) is 25.4. The fraction of sp³-hybridized carbons (Fsp3) is 0. The summed E-state index contributed by atoms with van der Waals surface area (Å²) in [6.07, 6.45) is 5.45. The van der Waals surface area contributed by atoms with E-state index in [2.05, 4.69) is 18.8 Å². The molecule has 2 aromatic heterocycles. The summed E-state index contributed by atoms with van der Waals surface area (Å²) in [6, 6.07) is 0. The Morgan fingerprint density at radius 2 is 1.11 bits per heavy atom. The third kappa shape index (κ3) is 23.3. The van der Waals surface area contributed by atoms with Gasteiger partial charge in [-0.25, -0.2) is 9.59 Å². The zero-order valence-corrected chi connectivity index (χ0v) is 10.7. The maximum atomic E-state index is 9.85. The number of aromatic nitrogens is 2. The summed E-state index contributed by atoms with van der Waals surface area (Å²) in [4.78, 5) is 24.2. The van der Waals surface area contributed by atoms with Crippen LogP contribution in [0.1, 0.15) is 0 Å². The fourth-order valence-corrected chi connectivity index (χ4v) is 0.464. The normalized spacial score (nSPS) is 6.89. The maximum absolute atomic E-state index is 9.85. The van der Waals surface area contributed by atoms with Crippen LogP contribution in [0.3, 0.4) is 0 Å². The van der Waals surface area contributed by atoms with Gasteiger partial charge in [0.1, 0.15) is 12.5 Å². The Labute approximate surface area is 143 Å². The van der Waals surface area contributed by atoms with Gasteiger partial charge in [-0.1, -0.05) is 0 Å². The van der Waals surface area contributed by atoms with Gasteiger partial charge < -0.3 is 23.9 Å². The number of rotatable bonds is 0. The average molecular weight is 250 g/mol. The smallest absolute Gasteiger partial charge is 0.907 e. The van der Waals surface area contributed by atoms with Crippen molar-refractivity contribution in [2.75, 3.05) is 0 Å². The predicted octanol–water partition coefficient (Wildman–Crippen LogP) is -13.0. The van der Waals surface area contributed by atoms with Crippen molar-refractivity contribution in [3.05, 3.63) is 46.0 Å². The van der Waals surface area contributed by atoms with E-state index in [1.807, 2.05) is 0 Å². The molecule has 0 spiro atoms. The number of H-pyrrole nitrogens is 2. The number of aromatic amines is 2. The van der Waals surface area contributed by atoms with Crippen molar-refractivity contribution >= 4 is 7.32 Å². The van der Waals surface area contributed by atoms with E-state index in [-0.39, 0.29) is 56.6 Å². The standard InChI is InChI=1S/2C3H3NO2.BO3.3Li/c2*5-3-4-1-2-6-3;2-1(3)4;;;/h2*1-2H,(H,4,5);;;;/q;;-3;3*+1. The maximum Gasteiger partial charge on any atom is 1.00 e. The van der Waals surface area contributed by atoms with Crippen LogP contribution in [-0.4, -0.2) is 17.3 Å². The summed E-state index contributed by atoms with van der Waals surface area (Å²) in [5, 5.41) is 25.2. The van der Waals surface area contributed by atoms with E-state index < -0.39 is 18.8 Å². The molecule has 0 radical (unpaired) electrons. The average Bonchev–Trinajstić information content (AvgIpc) is 2.78. The third-order valence-corrected chi connectivity index (χ3v) is 0.889. The van der Waals surface area contributed by atoms with E-state index in [1.165, 1.54) is 24.9 Å². The van der Waals surface area contributed by atoms with E-state index in [0.29, 0.717) is 0 Å². The summed E-state index contributed by atoms with van der Waals surface area (Å²) in [7, 11) is -2.92. The molecule has 2 heterocycles. The second kappa shape index (κ2) is 17.8. The van der Waals surface area contributed by atoms with Crippen molar-refractivity contribution in [3.8, 4) is 0 Å². The number of oxazole rings is 2. The summed E-state index contributed by atoms with van der Waals surface area (Å²) in [5.41, 5.74) is 0. The minimum Gasteiger partial charge on any atom is -0.907 e. The van der Waals surface area contributed by atoms with Crippen LogP contribution >= 0.6 is 0 Å².